The average molecular weight is 1150 g/mol. The van der Waals surface area contributed by atoms with Crippen molar-refractivity contribution < 1.29 is 77.2 Å². The van der Waals surface area contributed by atoms with Gasteiger partial charge in [0.2, 0.25) is 15.7 Å². The number of amides is 1. The highest BCUT2D eigenvalue weighted by atomic mass is 28.4. The van der Waals surface area contributed by atoms with Crippen molar-refractivity contribution in [2.75, 3.05) is 46.6 Å². The Kier molecular flexibility index (Phi) is 36.1. The molecule has 3 fully saturated rings. The molecule has 0 aromatic rings. The maximum Gasteiger partial charge on any atom is 0.490 e. The normalized spacial score (nSPS) is 29.8. The van der Waals surface area contributed by atoms with Gasteiger partial charge in [-0.15, -0.1) is 0 Å². The van der Waals surface area contributed by atoms with E-state index in [1.807, 2.05) is 13.8 Å². The number of hydrogen-bond donors (Lipinski definition) is 8. The Balaban J connectivity index is 1.29. The third kappa shape index (κ3) is 25.1. The van der Waals surface area contributed by atoms with Crippen molar-refractivity contribution >= 4 is 24.5 Å². The van der Waals surface area contributed by atoms with Gasteiger partial charge in [-0.05, 0) is 91.4 Å². The van der Waals surface area contributed by atoms with Crippen LogP contribution in [0.4, 0.5) is 0 Å². The lowest BCUT2D eigenvalue weighted by Crippen LogP contribution is -2.69. The molecule has 458 valence electrons. The standard InChI is InChI=1S/C58H112N2O16Si2/c1-10-69-78(70-11-2,76-77-42(3)4)39-34-32-30-28-26-24-22-20-18-16-14-12-13-15-17-19-21-23-25-27-29-31-33-37-60(9)38-35-36-45-48(59-44(6)63)53(75-56-51(66)50(65)49(64)43(5)71-56)52(46(40-61)72-45)74-57-55(68)58(7,8)54(67)47(41-62)73-57/h27,29,42-43,45-57,61-62,64-68H,10-26,28,30-41H2,1-9H3,(H,59,63). The summed E-state index contributed by atoms with van der Waals surface area (Å²) in [6.07, 6.45) is 16.0. The van der Waals surface area contributed by atoms with Gasteiger partial charge in [-0.25, -0.2) is 0 Å². The minimum absolute atomic E-state index is 0.419. The number of carbonyl (C=O) groups excluding carboxylic acids is 1. The number of nitrogens with one attached hydrogen (secondary N) is 1. The average Bonchev–Trinajstić information content (AvgIpc) is 3.43. The first-order valence-electron chi connectivity index (χ1n) is 30.6. The fourth-order valence-electron chi connectivity index (χ4n) is 10.9. The van der Waals surface area contributed by atoms with Gasteiger partial charge >= 0.3 is 8.80 Å². The van der Waals surface area contributed by atoms with Crippen molar-refractivity contribution in [2.45, 2.75) is 300 Å². The first-order chi connectivity index (χ1) is 37.4. The molecule has 3 saturated heterocycles. The largest absolute Gasteiger partial charge is 0.490 e. The molecule has 0 aromatic carbocycles. The predicted molar refractivity (Wildman–Crippen MR) is 306 cm³/mol. The van der Waals surface area contributed by atoms with Crippen LogP contribution in [0.25, 0.3) is 0 Å². The summed E-state index contributed by atoms with van der Waals surface area (Å²) in [7, 11) is -0.0178. The molecule has 3 aliphatic heterocycles. The van der Waals surface area contributed by atoms with Gasteiger partial charge in [0.1, 0.15) is 48.8 Å². The van der Waals surface area contributed by atoms with E-state index in [2.05, 4.69) is 43.3 Å². The fraction of sp³-hybridized carbons (Fsp3) is 0.948. The van der Waals surface area contributed by atoms with E-state index in [4.69, 9.17) is 36.7 Å². The number of hydrogen-bond acceptors (Lipinski definition) is 17. The monoisotopic (exact) mass is 1150 g/mol. The van der Waals surface area contributed by atoms with Crippen LogP contribution in [0.5, 0.6) is 0 Å². The zero-order valence-corrected chi connectivity index (χ0v) is 51.8. The van der Waals surface area contributed by atoms with Crippen LogP contribution in [0.2, 0.25) is 11.6 Å². The maximum atomic E-state index is 12.8. The Bertz CT molecular complexity index is 1570. The van der Waals surface area contributed by atoms with Gasteiger partial charge in [0.05, 0.1) is 37.6 Å². The first kappa shape index (κ1) is 71.3. The van der Waals surface area contributed by atoms with E-state index in [0.717, 1.165) is 44.8 Å². The maximum absolute atomic E-state index is 12.8. The van der Waals surface area contributed by atoms with E-state index < -0.39 is 119 Å². The van der Waals surface area contributed by atoms with Crippen molar-refractivity contribution in [3.8, 4) is 0 Å². The topological polar surface area (TPSA) is 248 Å². The summed E-state index contributed by atoms with van der Waals surface area (Å²) in [6.45, 7) is 16.3. The molecular formula is C58H112N2O16Si2. The molecule has 1 amide bonds. The van der Waals surface area contributed by atoms with Crippen molar-refractivity contribution in [1.29, 1.82) is 0 Å². The van der Waals surface area contributed by atoms with E-state index in [1.165, 1.54) is 123 Å². The minimum Gasteiger partial charge on any atom is -0.415 e. The third-order valence-corrected chi connectivity index (χ3v) is 20.4. The predicted octanol–water partition coefficient (Wildman–Crippen LogP) is 7.25. The van der Waals surface area contributed by atoms with Crippen LogP contribution < -0.4 is 5.32 Å². The first-order valence-corrected chi connectivity index (χ1v) is 33.5. The molecule has 2 radical (unpaired) electrons. The highest BCUT2D eigenvalue weighted by molar-refractivity contribution is 6.66. The summed E-state index contributed by atoms with van der Waals surface area (Å²) in [5.41, 5.74) is -0.691. The second-order valence-electron chi connectivity index (χ2n) is 23.3. The summed E-state index contributed by atoms with van der Waals surface area (Å²) in [6, 6.07) is 0.000172. The number of allylic oxidation sites excluding steroid dienone is 2. The molecule has 14 unspecified atom stereocenters. The Morgan fingerprint density at radius 3 is 1.65 bits per heavy atom. The van der Waals surface area contributed by atoms with Crippen LogP contribution in [-0.2, 0) is 41.4 Å². The van der Waals surface area contributed by atoms with Crippen LogP contribution in [0.15, 0.2) is 12.2 Å². The van der Waals surface area contributed by atoms with E-state index >= 15 is 0 Å². The van der Waals surface area contributed by atoms with Crippen LogP contribution in [0.1, 0.15) is 203 Å². The number of unbranched alkanes of at least 4 members (excludes halogenated alkanes) is 19. The van der Waals surface area contributed by atoms with Crippen molar-refractivity contribution in [1.82, 2.24) is 10.2 Å². The Morgan fingerprint density at radius 1 is 0.641 bits per heavy atom. The molecule has 18 nitrogen and oxygen atoms in total. The van der Waals surface area contributed by atoms with E-state index in [0.29, 0.717) is 41.4 Å². The molecule has 3 rings (SSSR count). The number of aliphatic hydroxyl groups excluding tert-OH is 7. The van der Waals surface area contributed by atoms with E-state index in [1.54, 1.807) is 13.8 Å². The molecule has 78 heavy (non-hydrogen) atoms. The van der Waals surface area contributed by atoms with Crippen molar-refractivity contribution in [3.63, 3.8) is 0 Å². The van der Waals surface area contributed by atoms with Crippen LogP contribution in [0, 0.1) is 5.41 Å². The number of ether oxygens (including phenoxy) is 5. The molecule has 20 heteroatoms. The second kappa shape index (κ2) is 39.5. The SMILES string of the molecule is CCO[Si](CCCCCCCCCCCCCCCCCCCCC=CCCCN(C)CCCC1OC(CO)C(OC2OC(CO)C(O)C(C)(C)C2O)C(OC2OC(C)C(O)C(O)C2O)C1NC(C)=O)(OCC)O[Si]C(C)C. The number of nitrogens with zero attached hydrogens (tertiary/aromatic N) is 1. The summed E-state index contributed by atoms with van der Waals surface area (Å²) < 4.78 is 49.3. The summed E-state index contributed by atoms with van der Waals surface area (Å²) in [5, 5.41) is 77.9. The van der Waals surface area contributed by atoms with Crippen LogP contribution >= 0.6 is 0 Å². The molecule has 0 saturated carbocycles. The van der Waals surface area contributed by atoms with Gasteiger partial charge in [-0.2, -0.15) is 0 Å². The van der Waals surface area contributed by atoms with Crippen molar-refractivity contribution in [3.05, 3.63) is 12.2 Å². The molecule has 0 aliphatic carbocycles. The molecule has 3 aliphatic rings. The number of rotatable bonds is 43. The Morgan fingerprint density at radius 2 is 1.14 bits per heavy atom. The molecule has 0 spiro atoms. The Labute approximate surface area is 474 Å². The quantitative estimate of drug-likeness (QED) is 0.0170. The lowest BCUT2D eigenvalue weighted by atomic mass is 9.76. The lowest BCUT2D eigenvalue weighted by Gasteiger charge is -2.52. The molecule has 0 aromatic heterocycles. The van der Waals surface area contributed by atoms with Crippen LogP contribution in [0.3, 0.4) is 0 Å². The zero-order valence-electron chi connectivity index (χ0n) is 49.8. The Hall–Kier alpha value is -0.996. The summed E-state index contributed by atoms with van der Waals surface area (Å²) in [5.74, 6) is -0.419. The highest BCUT2D eigenvalue weighted by Crippen LogP contribution is 2.40. The van der Waals surface area contributed by atoms with Gasteiger partial charge in [-0.3, -0.25) is 4.79 Å². The molecule has 0 bridgehead atoms. The molecule has 14 atom stereocenters. The minimum atomic E-state index is -2.53. The van der Waals surface area contributed by atoms with Crippen LogP contribution in [-0.4, -0.2) is 197 Å². The lowest BCUT2D eigenvalue weighted by molar-refractivity contribution is -0.364. The fourth-order valence-corrected chi connectivity index (χ4v) is 15.4. The van der Waals surface area contributed by atoms with E-state index in [-0.39, 0.29) is 0 Å². The van der Waals surface area contributed by atoms with E-state index in [9.17, 15) is 40.5 Å². The van der Waals surface area contributed by atoms with Gasteiger partial charge in [0.25, 0.3) is 0 Å². The molecule has 8 N–H and O–H groups in total. The van der Waals surface area contributed by atoms with Crippen molar-refractivity contribution in [2.24, 2.45) is 5.41 Å². The number of aliphatic hydroxyl groups is 7. The summed E-state index contributed by atoms with van der Waals surface area (Å²) >= 11 is 0. The van der Waals surface area contributed by atoms with Gasteiger partial charge in [0.15, 0.2) is 12.6 Å². The molecule has 3 heterocycles. The number of carbonyl (C=O) groups is 1. The van der Waals surface area contributed by atoms with Gasteiger partial charge in [0, 0.05) is 31.6 Å². The molecular weight excluding hydrogens is 1040 g/mol. The summed E-state index contributed by atoms with van der Waals surface area (Å²) in [4.78, 5) is 15.1. The zero-order chi connectivity index (χ0) is 57.5. The smallest absolute Gasteiger partial charge is 0.415 e. The van der Waals surface area contributed by atoms with Gasteiger partial charge in [-0.1, -0.05) is 143 Å². The van der Waals surface area contributed by atoms with Gasteiger partial charge < -0.3 is 82.6 Å². The third-order valence-electron chi connectivity index (χ3n) is 15.7. The second-order valence-corrected chi connectivity index (χ2v) is 28.0. The highest BCUT2D eigenvalue weighted by Gasteiger charge is 2.56.